The van der Waals surface area contributed by atoms with Crippen molar-refractivity contribution in [1.29, 1.82) is 0 Å². The molecular weight excluding hydrogens is 367 g/mol. The van der Waals surface area contributed by atoms with Crippen molar-refractivity contribution < 1.29 is 19.0 Å². The first-order chi connectivity index (χ1) is 13.6. The van der Waals surface area contributed by atoms with Crippen molar-refractivity contribution in [2.75, 3.05) is 19.8 Å². The van der Waals surface area contributed by atoms with Crippen LogP contribution in [-0.4, -0.2) is 56.5 Å². The van der Waals surface area contributed by atoms with Crippen LogP contribution < -0.4 is 5.56 Å². The highest BCUT2D eigenvalue weighted by molar-refractivity contribution is 5.74. The van der Waals surface area contributed by atoms with Crippen LogP contribution in [0.1, 0.15) is 12.8 Å². The average molecular weight is 388 g/mol. The summed E-state index contributed by atoms with van der Waals surface area (Å²) in [6.45, 7) is 1.55. The standard InChI is InChI=1S/C19H21FN4O4/c20-13-1-3-14(4-2-13)24-18-17(9-22-24)19(26)23(12-21-18)10-15(25)11-28-16-5-7-27-8-6-16/h1-4,9,12,15-16,25H,5-8,10-11H2. The number of aromatic nitrogens is 4. The summed E-state index contributed by atoms with van der Waals surface area (Å²) in [5.74, 6) is -0.354. The minimum absolute atomic E-state index is 0.0761. The fourth-order valence-electron chi connectivity index (χ4n) is 3.22. The molecule has 0 saturated carbocycles. The molecule has 0 amide bonds. The molecule has 0 spiro atoms. The number of ether oxygens (including phenoxy) is 2. The zero-order valence-electron chi connectivity index (χ0n) is 15.2. The highest BCUT2D eigenvalue weighted by Gasteiger charge is 2.17. The van der Waals surface area contributed by atoms with Crippen LogP contribution in [0.2, 0.25) is 0 Å². The Labute approximate surface area is 160 Å². The van der Waals surface area contributed by atoms with E-state index in [1.165, 1.54) is 33.9 Å². The van der Waals surface area contributed by atoms with Crippen molar-refractivity contribution in [2.24, 2.45) is 0 Å². The van der Waals surface area contributed by atoms with Gasteiger partial charge in [0.05, 0.1) is 37.2 Å². The summed E-state index contributed by atoms with van der Waals surface area (Å²) < 4.78 is 26.9. The van der Waals surface area contributed by atoms with Crippen molar-refractivity contribution in [3.05, 3.63) is 53.0 Å². The molecule has 1 atom stereocenters. The minimum Gasteiger partial charge on any atom is -0.389 e. The van der Waals surface area contributed by atoms with E-state index in [-0.39, 0.29) is 30.6 Å². The second-order valence-electron chi connectivity index (χ2n) is 6.77. The summed E-state index contributed by atoms with van der Waals surface area (Å²) in [6.07, 6.45) is 3.67. The lowest BCUT2D eigenvalue weighted by atomic mass is 10.1. The number of hydrogen-bond donors (Lipinski definition) is 1. The Bertz CT molecular complexity index is 995. The van der Waals surface area contributed by atoms with Gasteiger partial charge in [0.1, 0.15) is 17.5 Å². The Morgan fingerprint density at radius 3 is 2.79 bits per heavy atom. The minimum atomic E-state index is -0.827. The molecule has 1 N–H and O–H groups in total. The fourth-order valence-corrected chi connectivity index (χ4v) is 3.22. The molecule has 148 valence electrons. The Morgan fingerprint density at radius 2 is 2.04 bits per heavy atom. The van der Waals surface area contributed by atoms with Gasteiger partial charge in [-0.2, -0.15) is 5.10 Å². The summed E-state index contributed by atoms with van der Waals surface area (Å²) in [5.41, 5.74) is 0.676. The molecule has 1 fully saturated rings. The van der Waals surface area contributed by atoms with E-state index in [0.717, 1.165) is 12.8 Å². The maximum absolute atomic E-state index is 13.1. The summed E-state index contributed by atoms with van der Waals surface area (Å²) in [6, 6.07) is 5.76. The molecule has 8 nitrogen and oxygen atoms in total. The van der Waals surface area contributed by atoms with Crippen molar-refractivity contribution >= 4 is 11.0 Å². The van der Waals surface area contributed by atoms with Gasteiger partial charge in [-0.15, -0.1) is 0 Å². The largest absolute Gasteiger partial charge is 0.389 e. The maximum Gasteiger partial charge on any atom is 0.264 e. The smallest absolute Gasteiger partial charge is 0.264 e. The molecule has 1 saturated heterocycles. The molecule has 0 radical (unpaired) electrons. The molecule has 0 bridgehead atoms. The first-order valence-electron chi connectivity index (χ1n) is 9.18. The van der Waals surface area contributed by atoms with Gasteiger partial charge in [0.15, 0.2) is 5.65 Å². The number of aliphatic hydroxyl groups is 1. The van der Waals surface area contributed by atoms with E-state index < -0.39 is 6.10 Å². The van der Waals surface area contributed by atoms with E-state index in [2.05, 4.69) is 10.1 Å². The summed E-state index contributed by atoms with van der Waals surface area (Å²) in [7, 11) is 0. The maximum atomic E-state index is 13.1. The lowest BCUT2D eigenvalue weighted by molar-refractivity contribution is -0.0618. The van der Waals surface area contributed by atoms with Crippen molar-refractivity contribution in [1.82, 2.24) is 19.3 Å². The molecule has 4 rings (SSSR count). The average Bonchev–Trinajstić information content (AvgIpc) is 3.15. The Hall–Kier alpha value is -2.62. The van der Waals surface area contributed by atoms with E-state index in [9.17, 15) is 14.3 Å². The third-order valence-electron chi connectivity index (χ3n) is 4.73. The number of nitrogens with zero attached hydrogens (tertiary/aromatic N) is 4. The highest BCUT2D eigenvalue weighted by atomic mass is 19.1. The zero-order chi connectivity index (χ0) is 19.5. The van der Waals surface area contributed by atoms with Crippen LogP contribution in [0.4, 0.5) is 4.39 Å². The van der Waals surface area contributed by atoms with Crippen molar-refractivity contribution in [2.45, 2.75) is 31.6 Å². The van der Waals surface area contributed by atoms with Gasteiger partial charge in [0.2, 0.25) is 0 Å². The van der Waals surface area contributed by atoms with Crippen LogP contribution in [0.3, 0.4) is 0 Å². The lowest BCUT2D eigenvalue weighted by Crippen LogP contribution is -2.32. The second-order valence-corrected chi connectivity index (χ2v) is 6.77. The topological polar surface area (TPSA) is 91.4 Å². The number of aliphatic hydroxyl groups excluding tert-OH is 1. The third-order valence-corrected chi connectivity index (χ3v) is 4.73. The molecule has 1 unspecified atom stereocenters. The van der Waals surface area contributed by atoms with Crippen molar-refractivity contribution in [3.63, 3.8) is 0 Å². The summed E-state index contributed by atoms with van der Waals surface area (Å²) in [4.78, 5) is 17.0. The number of fused-ring (bicyclic) bond motifs is 1. The van der Waals surface area contributed by atoms with Crippen LogP contribution in [0.5, 0.6) is 0 Å². The zero-order valence-corrected chi connectivity index (χ0v) is 15.2. The first-order valence-corrected chi connectivity index (χ1v) is 9.18. The molecular formula is C19H21FN4O4. The van der Waals surface area contributed by atoms with Gasteiger partial charge < -0.3 is 14.6 Å². The Balaban J connectivity index is 1.48. The predicted molar refractivity (Wildman–Crippen MR) is 98.9 cm³/mol. The van der Waals surface area contributed by atoms with E-state index in [4.69, 9.17) is 9.47 Å². The Morgan fingerprint density at radius 1 is 1.29 bits per heavy atom. The molecule has 2 aromatic heterocycles. The molecule has 3 aromatic rings. The lowest BCUT2D eigenvalue weighted by Gasteiger charge is -2.23. The molecule has 1 aliphatic heterocycles. The van der Waals surface area contributed by atoms with Gasteiger partial charge in [-0.1, -0.05) is 0 Å². The number of hydrogen-bond acceptors (Lipinski definition) is 6. The van der Waals surface area contributed by atoms with Crippen LogP contribution in [0.15, 0.2) is 41.6 Å². The van der Waals surface area contributed by atoms with Gasteiger partial charge in [0, 0.05) is 13.2 Å². The molecule has 1 aromatic carbocycles. The van der Waals surface area contributed by atoms with Gasteiger partial charge in [-0.25, -0.2) is 14.1 Å². The predicted octanol–water partition coefficient (Wildman–Crippen LogP) is 1.28. The van der Waals surface area contributed by atoms with Crippen LogP contribution >= 0.6 is 0 Å². The third kappa shape index (κ3) is 3.96. The van der Waals surface area contributed by atoms with Crippen LogP contribution in [0.25, 0.3) is 16.7 Å². The van der Waals surface area contributed by atoms with Crippen molar-refractivity contribution in [3.8, 4) is 5.69 Å². The van der Waals surface area contributed by atoms with E-state index in [1.807, 2.05) is 0 Å². The SMILES string of the molecule is O=c1c2cnn(-c3ccc(F)cc3)c2ncn1CC(O)COC1CCOCC1. The molecule has 28 heavy (non-hydrogen) atoms. The van der Waals surface area contributed by atoms with Gasteiger partial charge in [-0.05, 0) is 37.1 Å². The molecule has 1 aliphatic rings. The summed E-state index contributed by atoms with van der Waals surface area (Å²) >= 11 is 0. The van der Waals surface area contributed by atoms with E-state index >= 15 is 0 Å². The molecule has 3 heterocycles. The van der Waals surface area contributed by atoms with E-state index in [1.54, 1.807) is 12.1 Å². The van der Waals surface area contributed by atoms with Crippen LogP contribution in [-0.2, 0) is 16.0 Å². The monoisotopic (exact) mass is 388 g/mol. The molecule has 0 aliphatic carbocycles. The quantitative estimate of drug-likeness (QED) is 0.684. The molecule has 9 heteroatoms. The highest BCUT2D eigenvalue weighted by Crippen LogP contribution is 2.14. The summed E-state index contributed by atoms with van der Waals surface area (Å²) in [5, 5.41) is 14.8. The van der Waals surface area contributed by atoms with Gasteiger partial charge in [-0.3, -0.25) is 9.36 Å². The van der Waals surface area contributed by atoms with Crippen LogP contribution in [0, 0.1) is 5.82 Å². The number of rotatable bonds is 6. The van der Waals surface area contributed by atoms with Gasteiger partial charge in [0.25, 0.3) is 5.56 Å². The second kappa shape index (κ2) is 8.17. The van der Waals surface area contributed by atoms with Gasteiger partial charge >= 0.3 is 0 Å². The normalized spacial score (nSPS) is 16.5. The number of benzene rings is 1. The number of halogens is 1. The first kappa shape index (κ1) is 18.7. The fraction of sp³-hybridized carbons (Fsp3) is 0.421. The van der Waals surface area contributed by atoms with E-state index in [0.29, 0.717) is 29.9 Å². The Kier molecular flexibility index (Phi) is 5.47.